The standard InChI is InChI=1S/C22H25N7O2/c1-31-19-7-3-2-6-15(19)16-12-26-21(24)20(27-16)22(30)28-17-11-25-9-8-18(17)29-10-4-5-14(23)13-29/h2-3,6-9,11-12,14H,4-5,10,13,23H2,1H3,(H2,24,26)(H,28,30). The average molecular weight is 419 g/mol. The quantitative estimate of drug-likeness (QED) is 0.574. The Labute approximate surface area is 180 Å². The van der Waals surface area contributed by atoms with Crippen molar-refractivity contribution < 1.29 is 9.53 Å². The van der Waals surface area contributed by atoms with Crippen molar-refractivity contribution in [1.82, 2.24) is 15.0 Å². The molecule has 0 bridgehead atoms. The number of methoxy groups -OCH3 is 1. The van der Waals surface area contributed by atoms with Gasteiger partial charge in [0.1, 0.15) is 5.75 Å². The zero-order chi connectivity index (χ0) is 21.8. The van der Waals surface area contributed by atoms with E-state index in [1.54, 1.807) is 19.5 Å². The highest BCUT2D eigenvalue weighted by molar-refractivity contribution is 6.07. The van der Waals surface area contributed by atoms with Gasteiger partial charge in [0.2, 0.25) is 0 Å². The lowest BCUT2D eigenvalue weighted by Crippen LogP contribution is -2.43. The molecule has 2 aromatic heterocycles. The number of anilines is 3. The molecule has 0 radical (unpaired) electrons. The van der Waals surface area contributed by atoms with E-state index in [0.717, 1.165) is 37.2 Å². The number of hydrogen-bond acceptors (Lipinski definition) is 8. The Morgan fingerprint density at radius 1 is 1.26 bits per heavy atom. The summed E-state index contributed by atoms with van der Waals surface area (Å²) in [6.07, 6.45) is 6.82. The Hall–Kier alpha value is -3.72. The SMILES string of the molecule is COc1ccccc1-c1cnc(N)c(C(=O)Nc2cnccc2N2CCCC(N)C2)n1. The summed E-state index contributed by atoms with van der Waals surface area (Å²) in [4.78, 5) is 28.0. The Morgan fingerprint density at radius 2 is 2.10 bits per heavy atom. The number of nitrogens with zero attached hydrogens (tertiary/aromatic N) is 4. The fraction of sp³-hybridized carbons (Fsp3) is 0.273. The van der Waals surface area contributed by atoms with Gasteiger partial charge in [-0.05, 0) is 31.0 Å². The molecule has 4 rings (SSSR count). The van der Waals surface area contributed by atoms with Gasteiger partial charge in [0.25, 0.3) is 5.91 Å². The van der Waals surface area contributed by atoms with E-state index in [9.17, 15) is 4.79 Å². The first-order chi connectivity index (χ1) is 15.1. The first-order valence-electron chi connectivity index (χ1n) is 10.1. The third-order valence-electron chi connectivity index (χ3n) is 5.24. The van der Waals surface area contributed by atoms with Crippen molar-refractivity contribution in [2.24, 2.45) is 5.73 Å². The van der Waals surface area contributed by atoms with Crippen LogP contribution in [0.4, 0.5) is 17.2 Å². The lowest BCUT2D eigenvalue weighted by Gasteiger charge is -2.33. The van der Waals surface area contributed by atoms with Gasteiger partial charge >= 0.3 is 0 Å². The van der Waals surface area contributed by atoms with Crippen LogP contribution < -0.4 is 26.4 Å². The number of rotatable bonds is 5. The van der Waals surface area contributed by atoms with E-state index in [2.05, 4.69) is 25.2 Å². The number of benzene rings is 1. The predicted molar refractivity (Wildman–Crippen MR) is 120 cm³/mol. The number of nitrogen functional groups attached to an aromatic ring is 1. The van der Waals surface area contributed by atoms with Gasteiger partial charge in [-0.25, -0.2) is 9.97 Å². The predicted octanol–water partition coefficient (Wildman–Crippen LogP) is 2.31. The molecule has 1 amide bonds. The van der Waals surface area contributed by atoms with Crippen molar-refractivity contribution in [2.45, 2.75) is 18.9 Å². The molecule has 3 heterocycles. The zero-order valence-electron chi connectivity index (χ0n) is 17.3. The number of piperidine rings is 1. The number of hydrogen-bond donors (Lipinski definition) is 3. The highest BCUT2D eigenvalue weighted by Gasteiger charge is 2.22. The van der Waals surface area contributed by atoms with E-state index in [1.807, 2.05) is 30.3 Å². The van der Waals surface area contributed by atoms with Gasteiger partial charge in [0, 0.05) is 30.9 Å². The number of nitrogens with one attached hydrogen (secondary N) is 1. The third kappa shape index (κ3) is 4.41. The molecule has 1 saturated heterocycles. The lowest BCUT2D eigenvalue weighted by atomic mass is 10.1. The summed E-state index contributed by atoms with van der Waals surface area (Å²) in [6, 6.07) is 9.36. The zero-order valence-corrected chi connectivity index (χ0v) is 17.3. The van der Waals surface area contributed by atoms with Crippen LogP contribution in [0.2, 0.25) is 0 Å². The molecule has 5 N–H and O–H groups in total. The number of carbonyl (C=O) groups is 1. The molecule has 1 unspecified atom stereocenters. The maximum atomic E-state index is 13.1. The minimum absolute atomic E-state index is 0.0357. The fourth-order valence-corrected chi connectivity index (χ4v) is 3.72. The number of ether oxygens (including phenoxy) is 1. The van der Waals surface area contributed by atoms with Gasteiger partial charge in [-0.2, -0.15) is 0 Å². The minimum atomic E-state index is -0.461. The Bertz CT molecular complexity index is 1090. The van der Waals surface area contributed by atoms with Crippen molar-refractivity contribution in [3.05, 3.63) is 54.6 Å². The molecule has 3 aromatic rings. The summed E-state index contributed by atoms with van der Waals surface area (Å²) in [5.41, 5.74) is 14.8. The van der Waals surface area contributed by atoms with Gasteiger partial charge in [-0.3, -0.25) is 9.78 Å². The average Bonchev–Trinajstić information content (AvgIpc) is 2.79. The molecule has 1 fully saturated rings. The van der Waals surface area contributed by atoms with Crippen molar-refractivity contribution in [1.29, 1.82) is 0 Å². The van der Waals surface area contributed by atoms with Crippen LogP contribution in [-0.2, 0) is 0 Å². The van der Waals surface area contributed by atoms with Crippen molar-refractivity contribution in [3.63, 3.8) is 0 Å². The number of pyridine rings is 1. The van der Waals surface area contributed by atoms with Gasteiger partial charge in [-0.15, -0.1) is 0 Å². The molecule has 0 aliphatic carbocycles. The highest BCUT2D eigenvalue weighted by Crippen LogP contribution is 2.30. The van der Waals surface area contributed by atoms with Crippen molar-refractivity contribution >= 4 is 23.1 Å². The first kappa shape index (κ1) is 20.5. The third-order valence-corrected chi connectivity index (χ3v) is 5.24. The molecule has 1 aliphatic heterocycles. The molecule has 1 aliphatic rings. The molecular weight excluding hydrogens is 394 g/mol. The number of para-hydroxylation sites is 1. The number of carbonyl (C=O) groups excluding carboxylic acids is 1. The molecule has 1 atom stereocenters. The summed E-state index contributed by atoms with van der Waals surface area (Å²) in [6.45, 7) is 1.59. The van der Waals surface area contributed by atoms with E-state index >= 15 is 0 Å². The van der Waals surface area contributed by atoms with Crippen molar-refractivity contribution in [3.8, 4) is 17.0 Å². The number of aromatic nitrogens is 3. The molecule has 9 nitrogen and oxygen atoms in total. The molecule has 0 spiro atoms. The van der Waals surface area contributed by atoms with Crippen LogP contribution in [0.5, 0.6) is 5.75 Å². The van der Waals surface area contributed by atoms with Crippen molar-refractivity contribution in [2.75, 3.05) is 36.1 Å². The van der Waals surface area contributed by atoms with Crippen LogP contribution in [0.15, 0.2) is 48.9 Å². The smallest absolute Gasteiger partial charge is 0.278 e. The maximum Gasteiger partial charge on any atom is 0.278 e. The van der Waals surface area contributed by atoms with E-state index in [4.69, 9.17) is 16.2 Å². The van der Waals surface area contributed by atoms with Crippen LogP contribution >= 0.6 is 0 Å². The molecule has 1 aromatic carbocycles. The van der Waals surface area contributed by atoms with E-state index in [1.165, 1.54) is 6.20 Å². The largest absolute Gasteiger partial charge is 0.496 e. The first-order valence-corrected chi connectivity index (χ1v) is 10.1. The topological polar surface area (TPSA) is 132 Å². The number of amides is 1. The maximum absolute atomic E-state index is 13.1. The van der Waals surface area contributed by atoms with Gasteiger partial charge in [-0.1, -0.05) is 12.1 Å². The van der Waals surface area contributed by atoms with Gasteiger partial charge < -0.3 is 26.4 Å². The molecule has 9 heteroatoms. The number of nitrogens with two attached hydrogens (primary N) is 2. The van der Waals surface area contributed by atoms with Gasteiger partial charge in [0.15, 0.2) is 11.5 Å². The van der Waals surface area contributed by atoms with Crippen LogP contribution in [-0.4, -0.2) is 47.1 Å². The molecule has 0 saturated carbocycles. The summed E-state index contributed by atoms with van der Waals surface area (Å²) in [7, 11) is 1.58. The molecular formula is C22H25N7O2. The summed E-state index contributed by atoms with van der Waals surface area (Å²) < 4.78 is 5.39. The normalized spacial score (nSPS) is 16.1. The fourth-order valence-electron chi connectivity index (χ4n) is 3.72. The van der Waals surface area contributed by atoms with Crippen LogP contribution in [0, 0.1) is 0 Å². The monoisotopic (exact) mass is 419 g/mol. The highest BCUT2D eigenvalue weighted by atomic mass is 16.5. The Morgan fingerprint density at radius 3 is 2.90 bits per heavy atom. The lowest BCUT2D eigenvalue weighted by molar-refractivity contribution is 0.102. The Kier molecular flexibility index (Phi) is 5.94. The summed E-state index contributed by atoms with van der Waals surface area (Å²) in [5, 5.41) is 2.89. The van der Waals surface area contributed by atoms with E-state index < -0.39 is 5.91 Å². The second kappa shape index (κ2) is 8.97. The van der Waals surface area contributed by atoms with E-state index in [-0.39, 0.29) is 17.6 Å². The minimum Gasteiger partial charge on any atom is -0.496 e. The second-order valence-corrected chi connectivity index (χ2v) is 7.38. The Balaban J connectivity index is 1.63. The van der Waals surface area contributed by atoms with E-state index in [0.29, 0.717) is 17.1 Å². The second-order valence-electron chi connectivity index (χ2n) is 7.38. The molecule has 31 heavy (non-hydrogen) atoms. The van der Waals surface area contributed by atoms with Gasteiger partial charge in [0.05, 0.1) is 36.6 Å². The summed E-state index contributed by atoms with van der Waals surface area (Å²) in [5.74, 6) is 0.211. The van der Waals surface area contributed by atoms with Crippen LogP contribution in [0.1, 0.15) is 23.3 Å². The van der Waals surface area contributed by atoms with Crippen LogP contribution in [0.3, 0.4) is 0 Å². The summed E-state index contributed by atoms with van der Waals surface area (Å²) >= 11 is 0. The van der Waals surface area contributed by atoms with Crippen LogP contribution in [0.25, 0.3) is 11.3 Å². The molecule has 160 valence electrons.